The van der Waals surface area contributed by atoms with Crippen LogP contribution >= 0.6 is 0 Å². The van der Waals surface area contributed by atoms with E-state index in [0.717, 1.165) is 49.9 Å². The smallest absolute Gasteiger partial charge is 0.254 e. The summed E-state index contributed by atoms with van der Waals surface area (Å²) in [5.41, 5.74) is 4.89. The van der Waals surface area contributed by atoms with E-state index in [-0.39, 0.29) is 35.2 Å². The Hall–Kier alpha value is -2.70. The van der Waals surface area contributed by atoms with Crippen LogP contribution in [0.2, 0.25) is 0 Å². The highest BCUT2D eigenvalue weighted by Gasteiger charge is 2.43. The number of piperidine rings is 2. The average Bonchev–Trinajstić information content (AvgIpc) is 2.87. The largest absolute Gasteiger partial charge is 0.390 e. The van der Waals surface area contributed by atoms with Gasteiger partial charge in [0.1, 0.15) is 0 Å². The van der Waals surface area contributed by atoms with Crippen LogP contribution in [0.4, 0.5) is 5.69 Å². The van der Waals surface area contributed by atoms with E-state index in [2.05, 4.69) is 37.4 Å². The molecular formula is C29H35N3O3. The zero-order valence-electron chi connectivity index (χ0n) is 20.7. The van der Waals surface area contributed by atoms with E-state index in [1.807, 2.05) is 34.1 Å². The van der Waals surface area contributed by atoms with Crippen molar-refractivity contribution in [3.05, 3.63) is 64.7 Å². The van der Waals surface area contributed by atoms with Gasteiger partial charge in [0.2, 0.25) is 5.91 Å². The molecule has 3 fully saturated rings. The minimum atomic E-state index is -0.648. The molecule has 1 saturated carbocycles. The number of rotatable bonds is 4. The van der Waals surface area contributed by atoms with Gasteiger partial charge in [-0.25, -0.2) is 0 Å². The van der Waals surface area contributed by atoms with Crippen molar-refractivity contribution in [2.45, 2.75) is 76.1 Å². The molecule has 184 valence electrons. The Balaban J connectivity index is 1.22. The third kappa shape index (κ3) is 3.87. The monoisotopic (exact) mass is 473 g/mol. The molecule has 6 nitrogen and oxygen atoms in total. The lowest BCUT2D eigenvalue weighted by Crippen LogP contribution is -2.54. The molecule has 0 radical (unpaired) electrons. The second kappa shape index (κ2) is 8.45. The van der Waals surface area contributed by atoms with Gasteiger partial charge < -0.3 is 20.2 Å². The van der Waals surface area contributed by atoms with Gasteiger partial charge in [0, 0.05) is 54.3 Å². The number of β-amino-alcohol motifs (C(OH)–C–C–N with tert-alkyl or cyclic N) is 1. The molecule has 4 aliphatic heterocycles. The molecule has 2 aromatic carbocycles. The number of amides is 2. The number of anilines is 1. The quantitative estimate of drug-likeness (QED) is 0.714. The lowest BCUT2D eigenvalue weighted by Gasteiger charge is -2.46. The molecule has 2 saturated heterocycles. The molecule has 2 bridgehead atoms. The summed E-state index contributed by atoms with van der Waals surface area (Å²) in [4.78, 5) is 30.3. The number of hydrogen-bond donors (Lipinski definition) is 2. The Morgan fingerprint density at radius 2 is 1.80 bits per heavy atom. The van der Waals surface area contributed by atoms with Crippen molar-refractivity contribution in [1.29, 1.82) is 0 Å². The van der Waals surface area contributed by atoms with Gasteiger partial charge in [-0.3, -0.25) is 9.59 Å². The van der Waals surface area contributed by atoms with E-state index < -0.39 is 6.10 Å². The van der Waals surface area contributed by atoms with Gasteiger partial charge in [0.05, 0.1) is 6.10 Å². The number of hydrogen-bond acceptors (Lipinski definition) is 4. The van der Waals surface area contributed by atoms with Crippen LogP contribution in [0, 0.1) is 5.92 Å². The van der Waals surface area contributed by atoms with Crippen LogP contribution in [0.1, 0.15) is 66.6 Å². The van der Waals surface area contributed by atoms with Crippen molar-refractivity contribution in [2.24, 2.45) is 5.92 Å². The van der Waals surface area contributed by atoms with Gasteiger partial charge in [0.15, 0.2) is 0 Å². The third-order valence-electron chi connectivity index (χ3n) is 8.75. The fraction of sp³-hybridized carbons (Fsp3) is 0.517. The van der Waals surface area contributed by atoms with Crippen LogP contribution in [0.25, 0.3) is 0 Å². The van der Waals surface area contributed by atoms with Crippen LogP contribution in [-0.4, -0.2) is 53.1 Å². The number of nitrogens with zero attached hydrogens (tertiary/aromatic N) is 2. The molecule has 6 heteroatoms. The van der Waals surface area contributed by atoms with Gasteiger partial charge in [0.25, 0.3) is 5.91 Å². The highest BCUT2D eigenvalue weighted by atomic mass is 16.3. The van der Waals surface area contributed by atoms with Crippen molar-refractivity contribution in [1.82, 2.24) is 10.2 Å². The molecule has 35 heavy (non-hydrogen) atoms. The van der Waals surface area contributed by atoms with Crippen molar-refractivity contribution in [2.75, 3.05) is 18.0 Å². The van der Waals surface area contributed by atoms with Crippen molar-refractivity contribution < 1.29 is 14.7 Å². The molecule has 2 aromatic rings. The zero-order chi connectivity index (χ0) is 24.3. The first-order chi connectivity index (χ1) is 16.8. The fourth-order valence-electron chi connectivity index (χ4n) is 6.78. The number of benzene rings is 2. The van der Waals surface area contributed by atoms with Crippen molar-refractivity contribution in [3.63, 3.8) is 0 Å². The Kier molecular flexibility index (Phi) is 5.49. The molecule has 7 rings (SSSR count). The second-order valence-electron chi connectivity index (χ2n) is 11.5. The van der Waals surface area contributed by atoms with E-state index in [0.29, 0.717) is 18.7 Å². The maximum atomic E-state index is 13.5. The summed E-state index contributed by atoms with van der Waals surface area (Å²) in [5.74, 6) is 0.370. The van der Waals surface area contributed by atoms with Crippen LogP contribution in [0.3, 0.4) is 0 Å². The number of aliphatic hydroxyl groups excluding tert-OH is 1. The standard InChI is InChI=1S/C29H35N3O3/c1-29(2)17-31(16-26(33)25-13-19-5-3-4-6-20(19)15-30-25)28(35)23-12-11-22(14-24(23)29)32-21-9-7-18(8-10-21)27(32)34/h3-6,11-12,14,18,21,25-26,30,33H,7-10,13,15-17H2,1-2H3/t18?,21?,25-,26+/m0/s1. The Labute approximate surface area is 207 Å². The maximum absolute atomic E-state index is 13.5. The summed E-state index contributed by atoms with van der Waals surface area (Å²) < 4.78 is 0. The predicted octanol–water partition coefficient (Wildman–Crippen LogP) is 3.40. The van der Waals surface area contributed by atoms with Crippen molar-refractivity contribution in [3.8, 4) is 0 Å². The molecule has 1 aliphatic carbocycles. The SMILES string of the molecule is CC1(C)CN(C[C@@H](O)[C@@H]2Cc3ccccc3CN2)C(=O)c2ccc(N3C(=O)C4CCC3CC4)cc21. The zero-order valence-corrected chi connectivity index (χ0v) is 20.7. The molecule has 0 spiro atoms. The molecule has 2 amide bonds. The van der Waals surface area contributed by atoms with Crippen LogP contribution in [0.5, 0.6) is 0 Å². The number of carbonyl (C=O) groups is 2. The van der Waals surface area contributed by atoms with Crippen molar-refractivity contribution >= 4 is 17.5 Å². The minimum Gasteiger partial charge on any atom is -0.390 e. The van der Waals surface area contributed by atoms with Gasteiger partial charge in [-0.05, 0) is 67.0 Å². The van der Waals surface area contributed by atoms with E-state index in [1.165, 1.54) is 11.1 Å². The summed E-state index contributed by atoms with van der Waals surface area (Å²) in [7, 11) is 0. The molecule has 2 atom stereocenters. The predicted molar refractivity (Wildman–Crippen MR) is 135 cm³/mol. The van der Waals surface area contributed by atoms with E-state index in [9.17, 15) is 14.7 Å². The summed E-state index contributed by atoms with van der Waals surface area (Å²) in [6.07, 6.45) is 4.27. The van der Waals surface area contributed by atoms with E-state index in [4.69, 9.17) is 0 Å². The molecule has 5 aliphatic rings. The summed E-state index contributed by atoms with van der Waals surface area (Å²) >= 11 is 0. The first-order valence-electron chi connectivity index (χ1n) is 13.1. The Bertz CT molecular complexity index is 1170. The maximum Gasteiger partial charge on any atom is 0.254 e. The first kappa shape index (κ1) is 22.7. The van der Waals surface area contributed by atoms with Gasteiger partial charge in [-0.1, -0.05) is 38.1 Å². The molecule has 0 aromatic heterocycles. The summed E-state index contributed by atoms with van der Waals surface area (Å²) in [5, 5.41) is 14.5. The van der Waals surface area contributed by atoms with Crippen LogP contribution < -0.4 is 10.2 Å². The summed E-state index contributed by atoms with van der Waals surface area (Å²) in [6.45, 7) is 5.89. The molecule has 0 unspecified atom stereocenters. The summed E-state index contributed by atoms with van der Waals surface area (Å²) in [6, 6.07) is 14.5. The van der Waals surface area contributed by atoms with Gasteiger partial charge >= 0.3 is 0 Å². The molecule has 2 N–H and O–H groups in total. The number of nitrogens with one attached hydrogen (secondary N) is 1. The number of aliphatic hydroxyl groups is 1. The molecular weight excluding hydrogens is 438 g/mol. The third-order valence-corrected chi connectivity index (χ3v) is 8.75. The second-order valence-corrected chi connectivity index (χ2v) is 11.5. The molecule has 4 heterocycles. The lowest BCUT2D eigenvalue weighted by atomic mass is 9.76. The van der Waals surface area contributed by atoms with E-state index >= 15 is 0 Å². The lowest BCUT2D eigenvalue weighted by molar-refractivity contribution is -0.126. The van der Waals surface area contributed by atoms with Crippen LogP contribution in [0.15, 0.2) is 42.5 Å². The first-order valence-corrected chi connectivity index (χ1v) is 13.1. The minimum absolute atomic E-state index is 0.0346. The number of fused-ring (bicyclic) bond motifs is 5. The van der Waals surface area contributed by atoms with Gasteiger partial charge in [-0.2, -0.15) is 0 Å². The Morgan fingerprint density at radius 3 is 2.54 bits per heavy atom. The average molecular weight is 474 g/mol. The normalized spacial score (nSPS) is 28.0. The highest BCUT2D eigenvalue weighted by Crippen LogP contribution is 2.42. The Morgan fingerprint density at radius 1 is 1.06 bits per heavy atom. The number of carbonyl (C=O) groups excluding carboxylic acids is 2. The topological polar surface area (TPSA) is 72.9 Å². The van der Waals surface area contributed by atoms with E-state index in [1.54, 1.807) is 0 Å². The fourth-order valence-corrected chi connectivity index (χ4v) is 6.78. The van der Waals surface area contributed by atoms with Crippen LogP contribution in [-0.2, 0) is 23.2 Å². The highest BCUT2D eigenvalue weighted by molar-refractivity contribution is 6.00. The van der Waals surface area contributed by atoms with Gasteiger partial charge in [-0.15, -0.1) is 0 Å².